The second-order valence-electron chi connectivity index (χ2n) is 8.93. The number of aliphatic imine (C=N–C) groups is 2. The van der Waals surface area contributed by atoms with Gasteiger partial charge in [-0.1, -0.05) is 43.7 Å². The molecule has 33 heavy (non-hydrogen) atoms. The first-order chi connectivity index (χ1) is 15.7. The van der Waals surface area contributed by atoms with Crippen molar-refractivity contribution >= 4 is 17.6 Å². The standard InChI is InChI=1S/C24H30N4O3.C2H6/c1-16-8-10-17-19(11-9-16)25-21(18-6-4-5-7-20(18)29)26-22(17)27-12-14-28(15-13-27)23(30)24(2,3)31;1-2/h4-8,10,19,29,31H,9,11-15H2,1-3H3;1-2H3. The van der Waals surface area contributed by atoms with Crippen LogP contribution in [0, 0.1) is 0 Å². The first-order valence-corrected chi connectivity index (χ1v) is 11.8. The van der Waals surface area contributed by atoms with E-state index in [9.17, 15) is 15.0 Å². The number of phenolic OH excluding ortho intramolecular Hbond substituents is 1. The summed E-state index contributed by atoms with van der Waals surface area (Å²) in [5, 5.41) is 20.4. The number of para-hydroxylation sites is 1. The lowest BCUT2D eigenvalue weighted by Crippen LogP contribution is -2.56. The van der Waals surface area contributed by atoms with Gasteiger partial charge in [0.05, 0.1) is 11.6 Å². The third kappa shape index (κ3) is 5.53. The lowest BCUT2D eigenvalue weighted by Gasteiger charge is -2.40. The van der Waals surface area contributed by atoms with Crippen LogP contribution in [-0.2, 0) is 4.79 Å². The summed E-state index contributed by atoms with van der Waals surface area (Å²) in [6, 6.07) is 7.13. The van der Waals surface area contributed by atoms with Crippen molar-refractivity contribution < 1.29 is 15.0 Å². The van der Waals surface area contributed by atoms with E-state index < -0.39 is 5.60 Å². The second kappa shape index (κ2) is 10.3. The first-order valence-electron chi connectivity index (χ1n) is 11.8. The van der Waals surface area contributed by atoms with Crippen LogP contribution >= 0.6 is 0 Å². The van der Waals surface area contributed by atoms with Gasteiger partial charge in [-0.05, 0) is 45.7 Å². The topological polar surface area (TPSA) is 88.7 Å². The monoisotopic (exact) mass is 452 g/mol. The number of phenols is 1. The predicted octanol–water partition coefficient (Wildman–Crippen LogP) is 3.53. The third-order valence-corrected chi connectivity index (χ3v) is 6.00. The molecule has 2 N–H and O–H groups in total. The maximum Gasteiger partial charge on any atom is 0.254 e. The number of carbonyl (C=O) groups is 1. The summed E-state index contributed by atoms with van der Waals surface area (Å²) in [5.74, 6) is 1.32. The normalized spacial score (nSPS) is 20.8. The number of nitrogens with zero attached hydrogens (tertiary/aromatic N) is 4. The number of piperazine rings is 1. The molecular weight excluding hydrogens is 416 g/mol. The van der Waals surface area contributed by atoms with Gasteiger partial charge in [-0.2, -0.15) is 0 Å². The van der Waals surface area contributed by atoms with E-state index >= 15 is 0 Å². The van der Waals surface area contributed by atoms with E-state index in [-0.39, 0.29) is 17.7 Å². The maximum absolute atomic E-state index is 12.4. The first kappa shape index (κ1) is 24.7. The fourth-order valence-electron chi connectivity index (χ4n) is 4.20. The van der Waals surface area contributed by atoms with E-state index in [0.29, 0.717) is 37.6 Å². The molecule has 0 radical (unpaired) electrons. The van der Waals surface area contributed by atoms with E-state index in [1.165, 1.54) is 19.4 Å². The Morgan fingerprint density at radius 1 is 1.09 bits per heavy atom. The number of amides is 1. The van der Waals surface area contributed by atoms with Gasteiger partial charge in [0.25, 0.3) is 5.91 Å². The minimum absolute atomic E-state index is 0.0214. The van der Waals surface area contributed by atoms with E-state index in [2.05, 4.69) is 24.0 Å². The quantitative estimate of drug-likeness (QED) is 0.719. The zero-order valence-electron chi connectivity index (χ0n) is 20.4. The van der Waals surface area contributed by atoms with Crippen LogP contribution in [-0.4, -0.2) is 75.4 Å². The van der Waals surface area contributed by atoms with Crippen molar-refractivity contribution in [3.63, 3.8) is 0 Å². The summed E-state index contributed by atoms with van der Waals surface area (Å²) in [5.41, 5.74) is 1.65. The van der Waals surface area contributed by atoms with Gasteiger partial charge >= 0.3 is 0 Å². The molecule has 1 amide bonds. The number of hydrogen-bond donors (Lipinski definition) is 2. The van der Waals surface area contributed by atoms with Gasteiger partial charge in [0.1, 0.15) is 17.2 Å². The van der Waals surface area contributed by atoms with E-state index in [1.54, 1.807) is 17.0 Å². The Morgan fingerprint density at radius 3 is 2.39 bits per heavy atom. The summed E-state index contributed by atoms with van der Waals surface area (Å²) in [6.45, 7) is 11.5. The van der Waals surface area contributed by atoms with Crippen molar-refractivity contribution in [3.8, 4) is 5.75 Å². The third-order valence-electron chi connectivity index (χ3n) is 6.00. The van der Waals surface area contributed by atoms with Crippen molar-refractivity contribution in [2.24, 2.45) is 9.98 Å². The summed E-state index contributed by atoms with van der Waals surface area (Å²) < 4.78 is 0. The molecule has 1 aromatic carbocycles. The van der Waals surface area contributed by atoms with Crippen LogP contribution in [0.1, 0.15) is 53.0 Å². The van der Waals surface area contributed by atoms with Crippen LogP contribution < -0.4 is 0 Å². The fourth-order valence-corrected chi connectivity index (χ4v) is 4.20. The molecule has 1 aromatic rings. The Kier molecular flexibility index (Phi) is 7.74. The van der Waals surface area contributed by atoms with Crippen LogP contribution in [0.5, 0.6) is 5.75 Å². The van der Waals surface area contributed by atoms with Gasteiger partial charge in [-0.15, -0.1) is 0 Å². The van der Waals surface area contributed by atoms with Crippen molar-refractivity contribution in [2.75, 3.05) is 26.2 Å². The van der Waals surface area contributed by atoms with Crippen molar-refractivity contribution in [2.45, 2.75) is 59.1 Å². The Morgan fingerprint density at radius 2 is 1.76 bits per heavy atom. The minimum Gasteiger partial charge on any atom is -0.507 e. The van der Waals surface area contributed by atoms with Crippen LogP contribution in [0.3, 0.4) is 0 Å². The highest BCUT2D eigenvalue weighted by molar-refractivity contribution is 6.15. The fraction of sp³-hybridized carbons (Fsp3) is 0.500. The SMILES string of the molecule is CC.CC1=CC=C2C(N3CCN(C(=O)C(C)(C)O)CC3)=NC(c3ccccc3O)=NC2CC1. The number of aliphatic hydroxyl groups is 1. The average molecular weight is 453 g/mol. The number of amidine groups is 2. The van der Waals surface area contributed by atoms with Crippen molar-refractivity contribution in [3.05, 3.63) is 53.1 Å². The summed E-state index contributed by atoms with van der Waals surface area (Å²) in [4.78, 5) is 26.1. The minimum atomic E-state index is -1.37. The van der Waals surface area contributed by atoms with E-state index in [0.717, 1.165) is 24.3 Å². The second-order valence-corrected chi connectivity index (χ2v) is 8.93. The molecule has 1 fully saturated rings. The van der Waals surface area contributed by atoms with Gasteiger partial charge in [-0.25, -0.2) is 4.99 Å². The Bertz CT molecular complexity index is 993. The van der Waals surface area contributed by atoms with E-state index in [4.69, 9.17) is 9.98 Å². The van der Waals surface area contributed by atoms with Crippen LogP contribution in [0.25, 0.3) is 0 Å². The molecule has 7 heteroatoms. The summed E-state index contributed by atoms with van der Waals surface area (Å²) in [6.07, 6.45) is 6.11. The molecule has 2 aliphatic heterocycles. The average Bonchev–Trinajstić information content (AvgIpc) is 3.00. The Labute approximate surface area is 196 Å². The van der Waals surface area contributed by atoms with Gasteiger partial charge in [-0.3, -0.25) is 9.79 Å². The van der Waals surface area contributed by atoms with Gasteiger partial charge in [0.15, 0.2) is 5.84 Å². The van der Waals surface area contributed by atoms with Crippen LogP contribution in [0.15, 0.2) is 57.5 Å². The highest BCUT2D eigenvalue weighted by Gasteiger charge is 2.35. The van der Waals surface area contributed by atoms with Crippen molar-refractivity contribution in [1.29, 1.82) is 0 Å². The zero-order valence-corrected chi connectivity index (χ0v) is 20.4. The van der Waals surface area contributed by atoms with Gasteiger partial charge in [0, 0.05) is 31.8 Å². The Balaban J connectivity index is 0.00000149. The smallest absolute Gasteiger partial charge is 0.254 e. The van der Waals surface area contributed by atoms with Crippen LogP contribution in [0.2, 0.25) is 0 Å². The van der Waals surface area contributed by atoms with Crippen molar-refractivity contribution in [1.82, 2.24) is 9.80 Å². The molecule has 4 rings (SSSR count). The molecule has 2 heterocycles. The highest BCUT2D eigenvalue weighted by atomic mass is 16.3. The molecule has 0 bridgehead atoms. The largest absolute Gasteiger partial charge is 0.507 e. The zero-order chi connectivity index (χ0) is 24.2. The molecule has 7 nitrogen and oxygen atoms in total. The molecule has 1 atom stereocenters. The summed E-state index contributed by atoms with van der Waals surface area (Å²) in [7, 11) is 0. The number of carbonyl (C=O) groups excluding carboxylic acids is 1. The number of aromatic hydroxyl groups is 1. The van der Waals surface area contributed by atoms with E-state index in [1.807, 2.05) is 26.0 Å². The van der Waals surface area contributed by atoms with Gasteiger partial charge < -0.3 is 20.0 Å². The number of benzene rings is 1. The van der Waals surface area contributed by atoms with Gasteiger partial charge in [0.2, 0.25) is 0 Å². The molecule has 0 aromatic heterocycles. The lowest BCUT2D eigenvalue weighted by atomic mass is 9.98. The predicted molar refractivity (Wildman–Crippen MR) is 133 cm³/mol. The molecule has 0 saturated carbocycles. The molecule has 1 saturated heterocycles. The number of fused-ring (bicyclic) bond motifs is 1. The van der Waals surface area contributed by atoms with Crippen LogP contribution in [0.4, 0.5) is 0 Å². The molecule has 178 valence electrons. The highest BCUT2D eigenvalue weighted by Crippen LogP contribution is 2.30. The Hall–Kier alpha value is -2.93. The number of allylic oxidation sites excluding steroid dienone is 3. The number of hydrogen-bond acceptors (Lipinski definition) is 6. The molecular formula is C26H36N4O3. The molecule has 3 aliphatic rings. The molecule has 1 aliphatic carbocycles. The number of rotatable bonds is 2. The summed E-state index contributed by atoms with van der Waals surface area (Å²) >= 11 is 0. The molecule has 1 unspecified atom stereocenters. The molecule has 0 spiro atoms. The lowest BCUT2D eigenvalue weighted by molar-refractivity contribution is -0.149. The maximum atomic E-state index is 12.4.